The van der Waals surface area contributed by atoms with E-state index in [1.165, 1.54) is 0 Å². The van der Waals surface area contributed by atoms with Gasteiger partial charge < -0.3 is 14.9 Å². The summed E-state index contributed by atoms with van der Waals surface area (Å²) >= 11 is 0. The molecule has 0 bridgehead atoms. The van der Waals surface area contributed by atoms with E-state index in [1.54, 1.807) is 0 Å². The van der Waals surface area contributed by atoms with Crippen molar-refractivity contribution >= 4 is 11.0 Å². The highest BCUT2D eigenvalue weighted by molar-refractivity contribution is 5.79. The average Bonchev–Trinajstić information content (AvgIpc) is 2.71. The lowest BCUT2D eigenvalue weighted by Gasteiger charge is -2.02. The molecule has 2 N–H and O–H groups in total. The van der Waals surface area contributed by atoms with Crippen LogP contribution in [0.2, 0.25) is 0 Å². The molecule has 0 aliphatic carbocycles. The summed E-state index contributed by atoms with van der Waals surface area (Å²) in [6.07, 6.45) is 0.873. The molecule has 3 nitrogen and oxygen atoms in total. The van der Waals surface area contributed by atoms with Crippen LogP contribution in [-0.2, 0) is 0 Å². The Kier molecular flexibility index (Phi) is 3.15. The number of furan rings is 1. The van der Waals surface area contributed by atoms with Gasteiger partial charge in [-0.3, -0.25) is 0 Å². The fourth-order valence-corrected chi connectivity index (χ4v) is 1.68. The zero-order valence-corrected chi connectivity index (χ0v) is 9.69. The van der Waals surface area contributed by atoms with Gasteiger partial charge in [0, 0.05) is 5.39 Å². The third-order valence-electron chi connectivity index (χ3n) is 2.62. The van der Waals surface area contributed by atoms with Crippen LogP contribution >= 0.6 is 0 Å². The first-order chi connectivity index (χ1) is 7.74. The molecule has 1 atom stereocenters. The molecular formula is C13H17NO2. The van der Waals surface area contributed by atoms with Crippen LogP contribution in [0.1, 0.15) is 32.1 Å². The molecule has 1 aromatic heterocycles. The van der Waals surface area contributed by atoms with Crippen LogP contribution in [0.5, 0.6) is 5.75 Å². The van der Waals surface area contributed by atoms with Crippen LogP contribution in [0.4, 0.5) is 0 Å². The first kappa shape index (κ1) is 11.0. The van der Waals surface area contributed by atoms with Crippen molar-refractivity contribution in [3.63, 3.8) is 0 Å². The second kappa shape index (κ2) is 4.58. The third kappa shape index (κ3) is 2.04. The second-order valence-electron chi connectivity index (χ2n) is 3.80. The van der Waals surface area contributed by atoms with Gasteiger partial charge >= 0.3 is 0 Å². The summed E-state index contributed by atoms with van der Waals surface area (Å²) in [6.45, 7) is 4.69. The smallest absolute Gasteiger partial charge is 0.134 e. The number of ether oxygens (including phenoxy) is 1. The molecule has 0 saturated carbocycles. The van der Waals surface area contributed by atoms with E-state index in [0.717, 1.165) is 28.9 Å². The minimum atomic E-state index is -0.0251. The Labute approximate surface area is 95.2 Å². The van der Waals surface area contributed by atoms with E-state index >= 15 is 0 Å². The lowest BCUT2D eigenvalue weighted by Crippen LogP contribution is -2.06. The summed E-state index contributed by atoms with van der Waals surface area (Å²) in [7, 11) is 0. The predicted molar refractivity (Wildman–Crippen MR) is 64.6 cm³/mol. The van der Waals surface area contributed by atoms with E-state index in [-0.39, 0.29) is 6.04 Å². The minimum Gasteiger partial charge on any atom is -0.494 e. The molecule has 0 aliphatic heterocycles. The molecule has 0 saturated heterocycles. The summed E-state index contributed by atoms with van der Waals surface area (Å²) in [5, 5.41) is 1.05. The molecular weight excluding hydrogens is 202 g/mol. The van der Waals surface area contributed by atoms with Crippen molar-refractivity contribution in [2.45, 2.75) is 26.3 Å². The summed E-state index contributed by atoms with van der Waals surface area (Å²) in [5.41, 5.74) is 6.79. The SMILES string of the molecule is CCOc1ccc2oc(C(N)CC)cc2c1. The van der Waals surface area contributed by atoms with Gasteiger partial charge in [-0.25, -0.2) is 0 Å². The number of hydrogen-bond donors (Lipinski definition) is 1. The number of hydrogen-bond acceptors (Lipinski definition) is 3. The number of benzene rings is 1. The van der Waals surface area contributed by atoms with Crippen LogP contribution in [0.15, 0.2) is 28.7 Å². The molecule has 2 rings (SSSR count). The van der Waals surface area contributed by atoms with Gasteiger partial charge in [0.1, 0.15) is 17.1 Å². The molecule has 0 fully saturated rings. The average molecular weight is 219 g/mol. The highest BCUT2D eigenvalue weighted by atomic mass is 16.5. The van der Waals surface area contributed by atoms with Crippen LogP contribution in [0.3, 0.4) is 0 Å². The molecule has 86 valence electrons. The van der Waals surface area contributed by atoms with Gasteiger partial charge in [0.15, 0.2) is 0 Å². The van der Waals surface area contributed by atoms with E-state index in [2.05, 4.69) is 0 Å². The Morgan fingerprint density at radius 2 is 2.12 bits per heavy atom. The Balaban J connectivity index is 2.38. The molecule has 16 heavy (non-hydrogen) atoms. The van der Waals surface area contributed by atoms with Crippen molar-refractivity contribution in [1.29, 1.82) is 0 Å². The molecule has 3 heteroatoms. The van der Waals surface area contributed by atoms with E-state index in [1.807, 2.05) is 38.1 Å². The van der Waals surface area contributed by atoms with Crippen molar-refractivity contribution in [3.05, 3.63) is 30.0 Å². The zero-order chi connectivity index (χ0) is 11.5. The van der Waals surface area contributed by atoms with Crippen molar-refractivity contribution in [3.8, 4) is 5.75 Å². The maximum atomic E-state index is 5.93. The zero-order valence-electron chi connectivity index (χ0n) is 9.69. The summed E-state index contributed by atoms with van der Waals surface area (Å²) < 4.78 is 11.1. The van der Waals surface area contributed by atoms with Gasteiger partial charge in [0.05, 0.1) is 12.6 Å². The first-order valence-electron chi connectivity index (χ1n) is 5.66. The fourth-order valence-electron chi connectivity index (χ4n) is 1.68. The van der Waals surface area contributed by atoms with Crippen molar-refractivity contribution in [2.75, 3.05) is 6.61 Å². The second-order valence-corrected chi connectivity index (χ2v) is 3.80. The lowest BCUT2D eigenvalue weighted by molar-refractivity contribution is 0.340. The summed E-state index contributed by atoms with van der Waals surface area (Å²) in [5.74, 6) is 1.71. The Bertz CT molecular complexity index is 476. The Morgan fingerprint density at radius 3 is 2.81 bits per heavy atom. The van der Waals surface area contributed by atoms with Gasteiger partial charge in [0.2, 0.25) is 0 Å². The first-order valence-corrected chi connectivity index (χ1v) is 5.66. The van der Waals surface area contributed by atoms with Gasteiger partial charge in [0.25, 0.3) is 0 Å². The maximum Gasteiger partial charge on any atom is 0.134 e. The molecule has 0 aliphatic rings. The highest BCUT2D eigenvalue weighted by Crippen LogP contribution is 2.27. The van der Waals surface area contributed by atoms with E-state index in [4.69, 9.17) is 14.9 Å². The topological polar surface area (TPSA) is 48.4 Å². The van der Waals surface area contributed by atoms with Gasteiger partial charge in [-0.1, -0.05) is 6.92 Å². The number of rotatable bonds is 4. The number of nitrogens with two attached hydrogens (primary N) is 1. The Morgan fingerprint density at radius 1 is 1.31 bits per heavy atom. The van der Waals surface area contributed by atoms with E-state index in [0.29, 0.717) is 6.61 Å². The quantitative estimate of drug-likeness (QED) is 0.858. The van der Waals surface area contributed by atoms with Gasteiger partial charge in [-0.2, -0.15) is 0 Å². The van der Waals surface area contributed by atoms with Gasteiger partial charge in [-0.15, -0.1) is 0 Å². The number of fused-ring (bicyclic) bond motifs is 1. The summed E-state index contributed by atoms with van der Waals surface area (Å²) in [4.78, 5) is 0. The van der Waals surface area contributed by atoms with Crippen LogP contribution in [0.25, 0.3) is 11.0 Å². The van der Waals surface area contributed by atoms with Crippen molar-refractivity contribution in [2.24, 2.45) is 5.73 Å². The molecule has 2 aromatic rings. The largest absolute Gasteiger partial charge is 0.494 e. The monoisotopic (exact) mass is 219 g/mol. The van der Waals surface area contributed by atoms with Crippen LogP contribution in [-0.4, -0.2) is 6.61 Å². The third-order valence-corrected chi connectivity index (χ3v) is 2.62. The van der Waals surface area contributed by atoms with Crippen molar-refractivity contribution in [1.82, 2.24) is 0 Å². The molecule has 0 spiro atoms. The highest BCUT2D eigenvalue weighted by Gasteiger charge is 2.10. The van der Waals surface area contributed by atoms with Crippen molar-refractivity contribution < 1.29 is 9.15 Å². The molecule has 0 amide bonds. The van der Waals surface area contributed by atoms with E-state index < -0.39 is 0 Å². The van der Waals surface area contributed by atoms with Crippen LogP contribution in [0, 0.1) is 0 Å². The van der Waals surface area contributed by atoms with Crippen LogP contribution < -0.4 is 10.5 Å². The molecule has 1 aromatic carbocycles. The van der Waals surface area contributed by atoms with E-state index in [9.17, 15) is 0 Å². The molecule has 1 heterocycles. The minimum absolute atomic E-state index is 0.0251. The molecule has 0 radical (unpaired) electrons. The van der Waals surface area contributed by atoms with Gasteiger partial charge in [-0.05, 0) is 37.6 Å². The Hall–Kier alpha value is -1.48. The predicted octanol–water partition coefficient (Wildman–Crippen LogP) is 3.24. The maximum absolute atomic E-state index is 5.93. The summed E-state index contributed by atoms with van der Waals surface area (Å²) in [6, 6.07) is 7.78. The fraction of sp³-hybridized carbons (Fsp3) is 0.385. The molecule has 1 unspecified atom stereocenters. The normalized spacial score (nSPS) is 12.9. The standard InChI is InChI=1S/C13H17NO2/c1-3-11(14)13-8-9-7-10(15-4-2)5-6-12(9)16-13/h5-8,11H,3-4,14H2,1-2H3. The lowest BCUT2D eigenvalue weighted by atomic mass is 10.1.